The highest BCUT2D eigenvalue weighted by molar-refractivity contribution is 9.10. The third-order valence-electron chi connectivity index (χ3n) is 2.99. The summed E-state index contributed by atoms with van der Waals surface area (Å²) in [5.74, 6) is -0.0155. The minimum absolute atomic E-state index is 0.0155. The molecular weight excluding hydrogens is 296 g/mol. The van der Waals surface area contributed by atoms with Gasteiger partial charge in [0.2, 0.25) is 5.91 Å². The molecule has 18 heavy (non-hydrogen) atoms. The van der Waals surface area contributed by atoms with Gasteiger partial charge in [-0.15, -0.1) is 0 Å². The molecule has 1 fully saturated rings. The Morgan fingerprint density at radius 3 is 3.06 bits per heavy atom. The van der Waals surface area contributed by atoms with Gasteiger partial charge in [0.05, 0.1) is 19.2 Å². The van der Waals surface area contributed by atoms with Crippen molar-refractivity contribution in [3.8, 4) is 0 Å². The highest BCUT2D eigenvalue weighted by Crippen LogP contribution is 2.24. The number of carbonyl (C=O) groups excluding carboxylic acids is 1. The molecule has 0 aliphatic carbocycles. The molecule has 1 heterocycles. The van der Waals surface area contributed by atoms with E-state index in [1.165, 1.54) is 0 Å². The lowest BCUT2D eigenvalue weighted by Crippen LogP contribution is -2.48. The fraction of sp³-hybridized carbons (Fsp3) is 0.462. The maximum atomic E-state index is 11.9. The van der Waals surface area contributed by atoms with Crippen molar-refractivity contribution >= 4 is 21.8 Å². The van der Waals surface area contributed by atoms with Crippen LogP contribution in [-0.4, -0.2) is 36.5 Å². The molecule has 4 nitrogen and oxygen atoms in total. The number of amides is 1. The predicted octanol–water partition coefficient (Wildman–Crippen LogP) is 1.70. The van der Waals surface area contributed by atoms with Crippen LogP contribution in [0.5, 0.6) is 0 Å². The Hall–Kier alpha value is -0.910. The number of nitrogens with two attached hydrogens (primary N) is 1. The minimum Gasteiger partial charge on any atom is -0.370 e. The van der Waals surface area contributed by atoms with Crippen LogP contribution in [0, 0.1) is 0 Å². The van der Waals surface area contributed by atoms with Crippen molar-refractivity contribution in [1.29, 1.82) is 0 Å². The number of hydrogen-bond acceptors (Lipinski definition) is 3. The quantitative estimate of drug-likeness (QED) is 0.904. The van der Waals surface area contributed by atoms with Gasteiger partial charge in [0.25, 0.3) is 0 Å². The van der Waals surface area contributed by atoms with Crippen molar-refractivity contribution in [2.45, 2.75) is 19.1 Å². The number of carbonyl (C=O) groups is 1. The molecule has 0 saturated carbocycles. The van der Waals surface area contributed by atoms with Crippen molar-refractivity contribution in [2.75, 3.05) is 19.7 Å². The lowest BCUT2D eigenvalue weighted by Gasteiger charge is -2.34. The highest BCUT2D eigenvalue weighted by Gasteiger charge is 2.26. The van der Waals surface area contributed by atoms with Crippen molar-refractivity contribution in [1.82, 2.24) is 4.90 Å². The third kappa shape index (κ3) is 3.10. The maximum Gasteiger partial charge on any atom is 0.239 e. The van der Waals surface area contributed by atoms with Crippen LogP contribution in [0.3, 0.4) is 0 Å². The molecule has 0 radical (unpaired) electrons. The number of benzene rings is 1. The van der Waals surface area contributed by atoms with E-state index in [1.54, 1.807) is 11.8 Å². The minimum atomic E-state index is -0.453. The van der Waals surface area contributed by atoms with E-state index in [0.29, 0.717) is 19.7 Å². The summed E-state index contributed by atoms with van der Waals surface area (Å²) in [6.07, 6.45) is -0.0704. The molecule has 2 atom stereocenters. The van der Waals surface area contributed by atoms with Crippen molar-refractivity contribution in [2.24, 2.45) is 5.73 Å². The van der Waals surface area contributed by atoms with E-state index in [4.69, 9.17) is 10.5 Å². The molecule has 5 heteroatoms. The van der Waals surface area contributed by atoms with Gasteiger partial charge in [-0.2, -0.15) is 0 Å². The van der Waals surface area contributed by atoms with E-state index in [2.05, 4.69) is 15.9 Å². The first kappa shape index (κ1) is 13.5. The Morgan fingerprint density at radius 2 is 2.39 bits per heavy atom. The third-order valence-corrected chi connectivity index (χ3v) is 3.48. The Bertz CT molecular complexity index is 437. The lowest BCUT2D eigenvalue weighted by atomic mass is 10.1. The topological polar surface area (TPSA) is 55.6 Å². The summed E-state index contributed by atoms with van der Waals surface area (Å²) in [4.78, 5) is 13.7. The van der Waals surface area contributed by atoms with Crippen LogP contribution < -0.4 is 5.73 Å². The molecule has 1 aromatic rings. The second-order valence-electron chi connectivity index (χ2n) is 4.49. The molecule has 0 spiro atoms. The SMILES string of the molecule is C[C@@H](N)C(=O)N1CCOC(c2cccc(Br)c2)C1. The predicted molar refractivity (Wildman–Crippen MR) is 73.1 cm³/mol. The summed E-state index contributed by atoms with van der Waals surface area (Å²) in [5.41, 5.74) is 6.71. The first-order chi connectivity index (χ1) is 8.58. The average molecular weight is 313 g/mol. The van der Waals surface area contributed by atoms with Crippen molar-refractivity contribution in [3.63, 3.8) is 0 Å². The molecule has 2 N–H and O–H groups in total. The second-order valence-corrected chi connectivity index (χ2v) is 5.40. The molecule has 0 aromatic heterocycles. The second kappa shape index (κ2) is 5.82. The molecule has 98 valence electrons. The number of halogens is 1. The van der Waals surface area contributed by atoms with E-state index in [-0.39, 0.29) is 12.0 Å². The summed E-state index contributed by atoms with van der Waals surface area (Å²) in [7, 11) is 0. The summed E-state index contributed by atoms with van der Waals surface area (Å²) >= 11 is 3.44. The molecule has 2 rings (SSSR count). The van der Waals surface area contributed by atoms with E-state index in [0.717, 1.165) is 10.0 Å². The van der Waals surface area contributed by atoms with E-state index in [1.807, 2.05) is 24.3 Å². The smallest absolute Gasteiger partial charge is 0.239 e. The Balaban J connectivity index is 2.09. The standard InChI is InChI=1S/C13H17BrN2O2/c1-9(15)13(17)16-5-6-18-12(8-16)10-3-2-4-11(14)7-10/h2-4,7,9,12H,5-6,8,15H2,1H3/t9-,12?/m1/s1. The van der Waals surface area contributed by atoms with Crippen LogP contribution in [0.15, 0.2) is 28.7 Å². The van der Waals surface area contributed by atoms with Crippen LogP contribution in [0.4, 0.5) is 0 Å². The van der Waals surface area contributed by atoms with E-state index in [9.17, 15) is 4.79 Å². The highest BCUT2D eigenvalue weighted by atomic mass is 79.9. The van der Waals surface area contributed by atoms with Crippen LogP contribution in [-0.2, 0) is 9.53 Å². The zero-order chi connectivity index (χ0) is 13.1. The molecule has 1 saturated heterocycles. The number of ether oxygens (including phenoxy) is 1. The normalized spacial score (nSPS) is 21.7. The van der Waals surface area contributed by atoms with Gasteiger partial charge >= 0.3 is 0 Å². The lowest BCUT2D eigenvalue weighted by molar-refractivity contribution is -0.140. The van der Waals surface area contributed by atoms with Crippen molar-refractivity contribution < 1.29 is 9.53 Å². The molecule has 0 bridgehead atoms. The van der Waals surface area contributed by atoms with Gasteiger partial charge in [0.1, 0.15) is 6.10 Å². The first-order valence-corrected chi connectivity index (χ1v) is 6.78. The zero-order valence-electron chi connectivity index (χ0n) is 10.3. The fourth-order valence-electron chi connectivity index (χ4n) is 2.05. The number of morpholine rings is 1. The average Bonchev–Trinajstić information content (AvgIpc) is 2.38. The van der Waals surface area contributed by atoms with Crippen LogP contribution in [0.1, 0.15) is 18.6 Å². The van der Waals surface area contributed by atoms with Gasteiger partial charge in [0.15, 0.2) is 0 Å². The summed E-state index contributed by atoms with van der Waals surface area (Å²) < 4.78 is 6.74. The van der Waals surface area contributed by atoms with E-state index < -0.39 is 6.04 Å². The van der Waals surface area contributed by atoms with Gasteiger partial charge in [-0.3, -0.25) is 4.79 Å². The number of hydrogen-bond donors (Lipinski definition) is 1. The number of rotatable bonds is 2. The summed E-state index contributed by atoms with van der Waals surface area (Å²) in [5, 5.41) is 0. The Kier molecular flexibility index (Phi) is 4.37. The molecule has 1 amide bonds. The maximum absolute atomic E-state index is 11.9. The monoisotopic (exact) mass is 312 g/mol. The fourth-order valence-corrected chi connectivity index (χ4v) is 2.46. The van der Waals surface area contributed by atoms with Gasteiger partial charge < -0.3 is 15.4 Å². The van der Waals surface area contributed by atoms with Crippen LogP contribution >= 0.6 is 15.9 Å². The summed E-state index contributed by atoms with van der Waals surface area (Å²) in [6.45, 7) is 3.45. The Labute approximate surface area is 115 Å². The van der Waals surface area contributed by atoms with Gasteiger partial charge in [-0.25, -0.2) is 0 Å². The van der Waals surface area contributed by atoms with Gasteiger partial charge in [-0.1, -0.05) is 28.1 Å². The largest absolute Gasteiger partial charge is 0.370 e. The number of nitrogens with zero attached hydrogens (tertiary/aromatic N) is 1. The van der Waals surface area contributed by atoms with Crippen molar-refractivity contribution in [3.05, 3.63) is 34.3 Å². The molecule has 1 unspecified atom stereocenters. The molecular formula is C13H17BrN2O2. The summed E-state index contributed by atoms with van der Waals surface area (Å²) in [6, 6.07) is 7.51. The van der Waals surface area contributed by atoms with Gasteiger partial charge in [0, 0.05) is 11.0 Å². The van der Waals surface area contributed by atoms with Crippen LogP contribution in [0.2, 0.25) is 0 Å². The van der Waals surface area contributed by atoms with Gasteiger partial charge in [-0.05, 0) is 24.6 Å². The molecule has 1 aromatic carbocycles. The first-order valence-electron chi connectivity index (χ1n) is 5.99. The molecule has 1 aliphatic heterocycles. The molecule has 1 aliphatic rings. The Morgan fingerprint density at radius 1 is 1.61 bits per heavy atom. The van der Waals surface area contributed by atoms with E-state index >= 15 is 0 Å². The zero-order valence-corrected chi connectivity index (χ0v) is 11.9. The van der Waals surface area contributed by atoms with Crippen LogP contribution in [0.25, 0.3) is 0 Å².